The van der Waals surface area contributed by atoms with Crippen LogP contribution in [0.1, 0.15) is 25.8 Å². The highest BCUT2D eigenvalue weighted by Crippen LogP contribution is 2.07. The van der Waals surface area contributed by atoms with Gasteiger partial charge in [-0.3, -0.25) is 9.59 Å². The molecule has 132 valence electrons. The highest BCUT2D eigenvalue weighted by molar-refractivity contribution is 5.90. The third-order valence-corrected chi connectivity index (χ3v) is 3.61. The zero-order valence-corrected chi connectivity index (χ0v) is 14.0. The van der Waals surface area contributed by atoms with Gasteiger partial charge in [0.1, 0.15) is 12.6 Å². The van der Waals surface area contributed by atoms with Gasteiger partial charge in [-0.1, -0.05) is 50.6 Å². The number of hydrogen-bond donors (Lipinski definition) is 3. The summed E-state index contributed by atoms with van der Waals surface area (Å²) >= 11 is 0. The Morgan fingerprint density at radius 1 is 1.21 bits per heavy atom. The molecule has 7 heteroatoms. The lowest BCUT2D eigenvalue weighted by Crippen LogP contribution is -2.50. The van der Waals surface area contributed by atoms with Crippen molar-refractivity contribution in [2.24, 2.45) is 5.92 Å². The number of hydrogen-bond acceptors (Lipinski definition) is 4. The van der Waals surface area contributed by atoms with Crippen LogP contribution in [0.4, 0.5) is 4.79 Å². The maximum atomic E-state index is 12.0. The average Bonchev–Trinajstić information content (AvgIpc) is 2.57. The molecular weight excluding hydrogens is 312 g/mol. The van der Waals surface area contributed by atoms with E-state index >= 15 is 0 Å². The van der Waals surface area contributed by atoms with Gasteiger partial charge in [0.05, 0.1) is 13.2 Å². The summed E-state index contributed by atoms with van der Waals surface area (Å²) in [6.45, 7) is 3.63. The van der Waals surface area contributed by atoms with Gasteiger partial charge in [0.2, 0.25) is 5.91 Å². The Hall–Kier alpha value is -2.41. The molecule has 0 radical (unpaired) electrons. The SMILES string of the molecule is CCC(C)C(NC(=O)O)C(=O)NCC(=O)COCc1ccccc1. The first-order valence-electron chi connectivity index (χ1n) is 7.84. The smallest absolute Gasteiger partial charge is 0.405 e. The number of carboxylic acid groups (broad SMARTS) is 1. The molecule has 1 aromatic rings. The first-order chi connectivity index (χ1) is 11.4. The minimum absolute atomic E-state index is 0.116. The van der Waals surface area contributed by atoms with E-state index in [1.807, 2.05) is 37.3 Å². The maximum absolute atomic E-state index is 12.0. The Balaban J connectivity index is 2.35. The van der Waals surface area contributed by atoms with E-state index in [0.717, 1.165) is 5.56 Å². The Morgan fingerprint density at radius 2 is 1.88 bits per heavy atom. The Kier molecular flexibility index (Phi) is 8.49. The molecule has 2 amide bonds. The van der Waals surface area contributed by atoms with E-state index in [0.29, 0.717) is 13.0 Å². The number of carbonyl (C=O) groups is 3. The molecule has 0 fully saturated rings. The lowest BCUT2D eigenvalue weighted by atomic mass is 9.98. The van der Waals surface area contributed by atoms with Crippen LogP contribution in [0.25, 0.3) is 0 Å². The molecule has 0 bridgehead atoms. The highest BCUT2D eigenvalue weighted by atomic mass is 16.5. The fraction of sp³-hybridized carbons (Fsp3) is 0.471. The lowest BCUT2D eigenvalue weighted by Gasteiger charge is -2.21. The first kappa shape index (κ1) is 19.6. The number of ketones is 1. The monoisotopic (exact) mass is 336 g/mol. The van der Waals surface area contributed by atoms with Gasteiger partial charge in [-0.2, -0.15) is 0 Å². The van der Waals surface area contributed by atoms with Gasteiger partial charge >= 0.3 is 6.09 Å². The third-order valence-electron chi connectivity index (χ3n) is 3.61. The minimum atomic E-state index is -1.27. The lowest BCUT2D eigenvalue weighted by molar-refractivity contribution is -0.129. The van der Waals surface area contributed by atoms with Crippen LogP contribution in [-0.2, 0) is 20.9 Å². The number of carbonyl (C=O) groups excluding carboxylic acids is 2. The molecule has 2 atom stereocenters. The molecule has 2 unspecified atom stereocenters. The van der Waals surface area contributed by atoms with Crippen LogP contribution < -0.4 is 10.6 Å². The van der Waals surface area contributed by atoms with Gasteiger partial charge in [0.15, 0.2) is 5.78 Å². The number of Topliss-reactive ketones (excluding diaryl/α,β-unsaturated/α-hetero) is 1. The Bertz CT molecular complexity index is 547. The maximum Gasteiger partial charge on any atom is 0.405 e. The summed E-state index contributed by atoms with van der Waals surface area (Å²) in [6, 6.07) is 8.55. The van der Waals surface area contributed by atoms with Gasteiger partial charge in [-0.15, -0.1) is 0 Å². The van der Waals surface area contributed by atoms with Crippen molar-refractivity contribution in [2.45, 2.75) is 32.9 Å². The summed E-state index contributed by atoms with van der Waals surface area (Å²) in [6.07, 6.45) is -0.639. The summed E-state index contributed by atoms with van der Waals surface area (Å²) in [5, 5.41) is 13.4. The van der Waals surface area contributed by atoms with Gasteiger partial charge in [-0.05, 0) is 11.5 Å². The van der Waals surface area contributed by atoms with Gasteiger partial charge in [0.25, 0.3) is 0 Å². The molecule has 0 spiro atoms. The molecular formula is C17H24N2O5. The molecule has 0 saturated carbocycles. The molecule has 3 N–H and O–H groups in total. The third kappa shape index (κ3) is 7.23. The summed E-state index contributed by atoms with van der Waals surface area (Å²) in [7, 11) is 0. The zero-order valence-electron chi connectivity index (χ0n) is 14.0. The van der Waals surface area contributed by atoms with E-state index in [2.05, 4.69) is 10.6 Å². The minimum Gasteiger partial charge on any atom is -0.465 e. The normalized spacial score (nSPS) is 12.9. The average molecular weight is 336 g/mol. The summed E-state index contributed by atoms with van der Waals surface area (Å²) < 4.78 is 5.30. The molecule has 0 aromatic heterocycles. The molecule has 0 aliphatic carbocycles. The fourth-order valence-electron chi connectivity index (χ4n) is 2.04. The summed E-state index contributed by atoms with van der Waals surface area (Å²) in [5.74, 6) is -0.966. The van der Waals surface area contributed by atoms with Crippen molar-refractivity contribution in [2.75, 3.05) is 13.2 Å². The second kappa shape index (κ2) is 10.4. The fourth-order valence-corrected chi connectivity index (χ4v) is 2.04. The molecule has 7 nitrogen and oxygen atoms in total. The number of rotatable bonds is 10. The van der Waals surface area contributed by atoms with Crippen LogP contribution in [0.2, 0.25) is 0 Å². The van der Waals surface area contributed by atoms with Crippen LogP contribution >= 0.6 is 0 Å². The molecule has 0 saturated heterocycles. The van der Waals surface area contributed by atoms with Crippen LogP contribution in [0.5, 0.6) is 0 Å². The second-order valence-corrected chi connectivity index (χ2v) is 5.55. The predicted octanol–water partition coefficient (Wildman–Crippen LogP) is 1.57. The van der Waals surface area contributed by atoms with Crippen LogP contribution in [0.15, 0.2) is 30.3 Å². The number of nitrogens with one attached hydrogen (secondary N) is 2. The van der Waals surface area contributed by atoms with E-state index < -0.39 is 18.0 Å². The van der Waals surface area contributed by atoms with Crippen LogP contribution in [0, 0.1) is 5.92 Å². The topological polar surface area (TPSA) is 105 Å². The number of ether oxygens (including phenoxy) is 1. The largest absolute Gasteiger partial charge is 0.465 e. The van der Waals surface area contributed by atoms with Crippen molar-refractivity contribution < 1.29 is 24.2 Å². The standard InChI is InChI=1S/C17H24N2O5/c1-3-12(2)15(19-17(22)23)16(21)18-9-14(20)11-24-10-13-7-5-4-6-8-13/h4-8,12,15,19H,3,9-11H2,1-2H3,(H,18,21)(H,22,23). The van der Waals surface area contributed by atoms with Gasteiger partial charge < -0.3 is 20.5 Å². The van der Waals surface area contributed by atoms with Crippen LogP contribution in [-0.4, -0.2) is 42.1 Å². The molecule has 1 rings (SSSR count). The van der Waals surface area contributed by atoms with E-state index in [4.69, 9.17) is 9.84 Å². The van der Waals surface area contributed by atoms with Crippen molar-refractivity contribution in [3.63, 3.8) is 0 Å². The number of benzene rings is 1. The van der Waals surface area contributed by atoms with Crippen molar-refractivity contribution in [3.8, 4) is 0 Å². The molecule has 24 heavy (non-hydrogen) atoms. The number of amides is 2. The van der Waals surface area contributed by atoms with Crippen molar-refractivity contribution in [1.82, 2.24) is 10.6 Å². The van der Waals surface area contributed by atoms with Gasteiger partial charge in [-0.25, -0.2) is 4.79 Å². The Morgan fingerprint density at radius 3 is 2.46 bits per heavy atom. The second-order valence-electron chi connectivity index (χ2n) is 5.55. The van der Waals surface area contributed by atoms with E-state index in [1.54, 1.807) is 6.92 Å². The van der Waals surface area contributed by atoms with E-state index in [9.17, 15) is 14.4 Å². The van der Waals surface area contributed by atoms with Crippen molar-refractivity contribution >= 4 is 17.8 Å². The molecule has 0 aliphatic rings. The summed E-state index contributed by atoms with van der Waals surface area (Å²) in [5.41, 5.74) is 0.955. The quantitative estimate of drug-likeness (QED) is 0.601. The predicted molar refractivity (Wildman–Crippen MR) is 88.5 cm³/mol. The first-order valence-corrected chi connectivity index (χ1v) is 7.84. The molecule has 1 aromatic carbocycles. The van der Waals surface area contributed by atoms with Crippen molar-refractivity contribution in [3.05, 3.63) is 35.9 Å². The Labute approximate surface area is 141 Å². The van der Waals surface area contributed by atoms with E-state index in [1.165, 1.54) is 0 Å². The van der Waals surface area contributed by atoms with Crippen LogP contribution in [0.3, 0.4) is 0 Å². The summed E-state index contributed by atoms with van der Waals surface area (Å²) in [4.78, 5) is 34.6. The zero-order chi connectivity index (χ0) is 17.9. The molecule has 0 heterocycles. The van der Waals surface area contributed by atoms with Crippen molar-refractivity contribution in [1.29, 1.82) is 0 Å². The van der Waals surface area contributed by atoms with E-state index in [-0.39, 0.29) is 24.9 Å². The highest BCUT2D eigenvalue weighted by Gasteiger charge is 2.25. The molecule has 0 aliphatic heterocycles. The van der Waals surface area contributed by atoms with Gasteiger partial charge in [0, 0.05) is 0 Å².